The molecule has 60 heavy (non-hydrogen) atoms. The Balaban J connectivity index is 0.00000900. The molecular formula is C41H66F2N8O8S. The number of primary amides is 1. The summed E-state index contributed by atoms with van der Waals surface area (Å²) >= 11 is 1.34. The Morgan fingerprint density at radius 3 is 2.13 bits per heavy atom. The van der Waals surface area contributed by atoms with Gasteiger partial charge in [-0.05, 0) is 56.0 Å². The van der Waals surface area contributed by atoms with Crippen molar-refractivity contribution in [1.82, 2.24) is 31.2 Å². The number of nitrogens with two attached hydrogens (primary N) is 2. The monoisotopic (exact) mass is 868 g/mol. The number of benzene rings is 1. The van der Waals surface area contributed by atoms with Crippen LogP contribution in [0, 0.1) is 17.8 Å². The lowest BCUT2D eigenvalue weighted by Gasteiger charge is -2.30. The third kappa shape index (κ3) is 18.4. The number of hydrogen-bond donors (Lipinski definition) is 7. The van der Waals surface area contributed by atoms with E-state index in [4.69, 9.17) is 16.2 Å². The third-order valence-electron chi connectivity index (χ3n) is 10.3. The molecule has 2 aromatic rings. The van der Waals surface area contributed by atoms with Crippen LogP contribution in [-0.4, -0.2) is 114 Å². The number of morpholine rings is 1. The van der Waals surface area contributed by atoms with E-state index in [1.807, 2.05) is 51.1 Å². The minimum atomic E-state index is -1.37. The number of aliphatic hydroxyl groups excluding tert-OH is 1. The molecule has 0 aliphatic carbocycles. The molecule has 7 atom stereocenters. The van der Waals surface area contributed by atoms with E-state index in [0.29, 0.717) is 70.6 Å². The zero-order valence-electron chi connectivity index (χ0n) is 35.1. The summed E-state index contributed by atoms with van der Waals surface area (Å²) in [5.41, 5.74) is 14.2. The number of halogens is 2. The molecule has 1 aromatic heterocycles. The second kappa shape index (κ2) is 28.0. The first kappa shape index (κ1) is 53.4. The second-order valence-electron chi connectivity index (χ2n) is 15.5. The van der Waals surface area contributed by atoms with Gasteiger partial charge in [0, 0.05) is 31.3 Å². The summed E-state index contributed by atoms with van der Waals surface area (Å²) in [5, 5.41) is 24.4. The number of aromatic nitrogens is 1. The molecule has 2 heterocycles. The van der Waals surface area contributed by atoms with Crippen LogP contribution in [0.15, 0.2) is 41.2 Å². The number of unbranched alkanes of at least 4 members (excludes halogenated alkanes) is 1. The van der Waals surface area contributed by atoms with Gasteiger partial charge in [-0.1, -0.05) is 64.4 Å². The molecule has 1 aromatic carbocycles. The molecular weight excluding hydrogens is 803 g/mol. The predicted octanol–water partition coefficient (Wildman–Crippen LogP) is 1.50. The van der Waals surface area contributed by atoms with Gasteiger partial charge >= 0.3 is 0 Å². The van der Waals surface area contributed by atoms with Crippen LogP contribution in [0.2, 0.25) is 0 Å². The largest absolute Gasteiger partial charge is 0.390 e. The number of carbonyl (C=O) groups is 6. The van der Waals surface area contributed by atoms with Gasteiger partial charge in [0.1, 0.15) is 18.1 Å². The number of nitrogens with zero attached hydrogens (tertiary/aromatic N) is 2. The highest BCUT2D eigenvalue weighted by molar-refractivity contribution is 7.07. The van der Waals surface area contributed by atoms with E-state index in [0.717, 1.165) is 5.56 Å². The zero-order chi connectivity index (χ0) is 42.6. The molecule has 0 radical (unpaired) electrons. The van der Waals surface area contributed by atoms with E-state index >= 15 is 0 Å². The van der Waals surface area contributed by atoms with Crippen molar-refractivity contribution in [3.8, 4) is 0 Å². The molecule has 1 fully saturated rings. The average molecular weight is 869 g/mol. The number of amides is 6. The summed E-state index contributed by atoms with van der Waals surface area (Å²) < 4.78 is 5.40. The maximum Gasteiger partial charge on any atom is 0.243 e. The molecule has 0 saturated carbocycles. The number of thiazole rings is 1. The first-order valence-electron chi connectivity index (χ1n) is 20.4. The van der Waals surface area contributed by atoms with E-state index in [1.54, 1.807) is 22.7 Å². The molecule has 6 amide bonds. The Morgan fingerprint density at radius 1 is 0.883 bits per heavy atom. The summed E-state index contributed by atoms with van der Waals surface area (Å²) in [5.74, 6) is -4.27. The normalized spacial score (nSPS) is 16.0. The summed E-state index contributed by atoms with van der Waals surface area (Å²) in [7, 11) is 0. The van der Waals surface area contributed by atoms with Crippen molar-refractivity contribution in [2.75, 3.05) is 32.8 Å². The Bertz CT molecular complexity index is 1600. The van der Waals surface area contributed by atoms with Crippen molar-refractivity contribution in [3.63, 3.8) is 0 Å². The molecule has 338 valence electrons. The van der Waals surface area contributed by atoms with Crippen molar-refractivity contribution >= 4 is 46.8 Å². The maximum absolute atomic E-state index is 14.1. The molecule has 1 aliphatic heterocycles. The highest BCUT2D eigenvalue weighted by Gasteiger charge is 2.34. The van der Waals surface area contributed by atoms with E-state index in [2.05, 4.69) is 26.3 Å². The van der Waals surface area contributed by atoms with Gasteiger partial charge in [-0.25, -0.2) is 4.98 Å². The van der Waals surface area contributed by atoms with Crippen molar-refractivity contribution in [2.24, 2.45) is 29.2 Å². The second-order valence-corrected chi connectivity index (χ2v) is 16.2. The van der Waals surface area contributed by atoms with Crippen molar-refractivity contribution in [2.45, 2.75) is 116 Å². The predicted molar refractivity (Wildman–Crippen MR) is 226 cm³/mol. The maximum atomic E-state index is 14.1. The zero-order valence-corrected chi connectivity index (χ0v) is 36.0. The van der Waals surface area contributed by atoms with Crippen LogP contribution in [0.3, 0.4) is 0 Å². The van der Waals surface area contributed by atoms with Crippen LogP contribution in [0.1, 0.15) is 83.9 Å². The smallest absolute Gasteiger partial charge is 0.243 e. The van der Waals surface area contributed by atoms with Gasteiger partial charge in [0.2, 0.25) is 35.4 Å². The van der Waals surface area contributed by atoms with Gasteiger partial charge in [-0.2, -0.15) is 0 Å². The SMILES string of the molecule is CC[C@H](C)[C@H](NC(=O)C[C@H](O)[C@H](CC(C)C)NC(=O)C(Cc1cscn1)NC(=O)[C@@H](CC(=O)N1CCOCC1)Cc1ccccc1)C(=O)N[C@@H](CCCCN)C(N)=O.F.F. The van der Waals surface area contributed by atoms with Gasteiger partial charge in [0.15, 0.2) is 0 Å². The average Bonchev–Trinajstić information content (AvgIpc) is 3.72. The Hall–Kier alpha value is -4.59. The van der Waals surface area contributed by atoms with Crippen molar-refractivity contribution < 1.29 is 48.0 Å². The standard InChI is InChI=1S/C41H64N8O8S.2FH/c1-5-27(4)37(41(56)45-31(38(43)53)13-9-10-14-42)48-35(51)23-34(50)32(19-26(2)3)46-40(55)33(22-30-24-58-25-44-30)47-39(54)29(20-28-11-7-6-8-12-28)21-36(52)49-15-17-57-18-16-49;;/h6-8,11-12,24-27,29,31-34,37,50H,5,9-10,13-23,42H2,1-4H3,(H2,43,53)(H,45,56)(H,46,55)(H,47,54)(H,48,51);2*1H/t27-,29+,31-,32-,33?,34-,37-;;/m0../s1. The molecule has 0 spiro atoms. The quantitative estimate of drug-likeness (QED) is 0.0709. The van der Waals surface area contributed by atoms with Gasteiger partial charge in [0.05, 0.1) is 48.9 Å². The van der Waals surface area contributed by atoms with E-state index in [1.165, 1.54) is 11.3 Å². The lowest BCUT2D eigenvalue weighted by molar-refractivity contribution is -0.140. The number of carbonyl (C=O) groups excluding carboxylic acids is 6. The third-order valence-corrected chi connectivity index (χ3v) is 11.0. The van der Waals surface area contributed by atoms with Crippen molar-refractivity contribution in [3.05, 3.63) is 52.5 Å². The van der Waals surface area contributed by atoms with Crippen LogP contribution in [0.4, 0.5) is 9.41 Å². The van der Waals surface area contributed by atoms with Crippen LogP contribution >= 0.6 is 11.3 Å². The summed E-state index contributed by atoms with van der Waals surface area (Å²) in [4.78, 5) is 86.5. The minimum absolute atomic E-state index is 0. The number of ether oxygens (including phenoxy) is 1. The fourth-order valence-corrected chi connectivity index (χ4v) is 7.34. The molecule has 1 saturated heterocycles. The molecule has 3 rings (SSSR count). The Kier molecular flexibility index (Phi) is 25.0. The molecule has 16 nitrogen and oxygen atoms in total. The molecule has 9 N–H and O–H groups in total. The summed E-state index contributed by atoms with van der Waals surface area (Å²) in [6.07, 6.45) is 0.797. The van der Waals surface area contributed by atoms with Gasteiger partial charge < -0.3 is 47.5 Å². The number of nitrogens with one attached hydrogen (secondary N) is 4. The van der Waals surface area contributed by atoms with E-state index in [9.17, 15) is 33.9 Å². The van der Waals surface area contributed by atoms with Crippen molar-refractivity contribution in [1.29, 1.82) is 0 Å². The van der Waals surface area contributed by atoms with Crippen LogP contribution in [-0.2, 0) is 46.3 Å². The molecule has 0 bridgehead atoms. The lowest BCUT2D eigenvalue weighted by atomic mass is 9.93. The minimum Gasteiger partial charge on any atom is -0.390 e. The van der Waals surface area contributed by atoms with E-state index < -0.39 is 72.1 Å². The fraction of sp³-hybridized carbons (Fsp3) is 0.634. The van der Waals surface area contributed by atoms with Gasteiger partial charge in [-0.3, -0.25) is 38.2 Å². The molecule has 19 heteroatoms. The first-order valence-corrected chi connectivity index (χ1v) is 21.3. The fourth-order valence-electron chi connectivity index (χ4n) is 6.76. The number of hydrogen-bond acceptors (Lipinski definition) is 11. The van der Waals surface area contributed by atoms with Crippen LogP contribution < -0.4 is 32.7 Å². The summed E-state index contributed by atoms with van der Waals surface area (Å²) in [6.45, 7) is 9.60. The van der Waals surface area contributed by atoms with E-state index in [-0.39, 0.29) is 46.4 Å². The first-order chi connectivity index (χ1) is 27.7. The Morgan fingerprint density at radius 2 is 1.55 bits per heavy atom. The highest BCUT2D eigenvalue weighted by Crippen LogP contribution is 2.18. The molecule has 1 aliphatic rings. The number of rotatable bonds is 25. The molecule has 1 unspecified atom stereocenters. The lowest BCUT2D eigenvalue weighted by Crippen LogP contribution is -2.57. The van der Waals surface area contributed by atoms with Gasteiger partial charge in [0.25, 0.3) is 0 Å². The topological polar surface area (TPSA) is 248 Å². The van der Waals surface area contributed by atoms with Gasteiger partial charge in [-0.15, -0.1) is 11.3 Å². The number of aliphatic hydroxyl groups is 1. The van der Waals surface area contributed by atoms with Crippen LogP contribution in [0.25, 0.3) is 0 Å². The highest BCUT2D eigenvalue weighted by atomic mass is 32.1. The summed E-state index contributed by atoms with van der Waals surface area (Å²) in [6, 6.07) is 5.37. The van der Waals surface area contributed by atoms with Crippen LogP contribution in [0.5, 0.6) is 0 Å². The Labute approximate surface area is 355 Å².